The maximum atomic E-state index is 12.5. The van der Waals surface area contributed by atoms with E-state index in [9.17, 15) is 25.2 Å². The summed E-state index contributed by atoms with van der Waals surface area (Å²) in [6.07, 6.45) is -5.83. The number of hydrogen-bond acceptors (Lipinski definition) is 15. The van der Waals surface area contributed by atoms with Crippen LogP contribution < -0.4 is 28.3 Å². The Kier molecular flexibility index (Phi) is 8.49. The summed E-state index contributed by atoms with van der Waals surface area (Å²) < 4.78 is 7.12. The van der Waals surface area contributed by atoms with Gasteiger partial charge in [0.05, 0.1) is 24.5 Å². The Labute approximate surface area is 210 Å². The third kappa shape index (κ3) is 5.65. The Morgan fingerprint density at radius 1 is 1.11 bits per heavy atom. The van der Waals surface area contributed by atoms with Gasteiger partial charge in [-0.05, 0) is 13.0 Å². The van der Waals surface area contributed by atoms with E-state index in [2.05, 4.69) is 20.3 Å². The van der Waals surface area contributed by atoms with Crippen LogP contribution in [-0.4, -0.2) is 114 Å². The average molecular weight is 528 g/mol. The summed E-state index contributed by atoms with van der Waals surface area (Å²) >= 11 is 0. The van der Waals surface area contributed by atoms with Crippen molar-refractivity contribution in [2.24, 2.45) is 23.1 Å². The Balaban J connectivity index is 1.35. The van der Waals surface area contributed by atoms with Gasteiger partial charge in [0.1, 0.15) is 48.9 Å². The number of ether oxygens (including phenoxy) is 1. The van der Waals surface area contributed by atoms with E-state index < -0.39 is 66.8 Å². The monoisotopic (exact) mass is 527 g/mol. The van der Waals surface area contributed by atoms with E-state index in [0.717, 1.165) is 0 Å². The van der Waals surface area contributed by atoms with Crippen LogP contribution in [-0.2, 0) is 25.9 Å². The number of fused-ring (bicyclic) bond motifs is 1. The summed E-state index contributed by atoms with van der Waals surface area (Å²) in [6.45, 7) is -0.289. The lowest BCUT2D eigenvalue weighted by Crippen LogP contribution is -2.64. The first-order valence-electron chi connectivity index (χ1n) is 11.7. The fourth-order valence-electron chi connectivity index (χ4n) is 4.46. The first-order chi connectivity index (χ1) is 17.6. The predicted octanol–water partition coefficient (Wildman–Crippen LogP) is -5.36. The fourth-order valence-corrected chi connectivity index (χ4v) is 4.46. The third-order valence-corrected chi connectivity index (χ3v) is 6.74. The number of nitrogens with zero attached hydrogens (tertiary/aromatic N) is 4. The first-order valence-corrected chi connectivity index (χ1v) is 11.7. The van der Waals surface area contributed by atoms with Crippen LogP contribution in [0.4, 0.5) is 5.82 Å². The zero-order valence-corrected chi connectivity index (χ0v) is 19.8. The summed E-state index contributed by atoms with van der Waals surface area (Å²) in [5.41, 5.74) is 24.0. The topological polar surface area (TPSA) is 285 Å². The average Bonchev–Trinajstić information content (AvgIpc) is 3.29. The van der Waals surface area contributed by atoms with Crippen LogP contribution in [0.5, 0.6) is 0 Å². The molecular formula is C20H33N9O8. The first kappa shape index (κ1) is 27.5. The Morgan fingerprint density at radius 3 is 2.59 bits per heavy atom. The van der Waals surface area contributed by atoms with Crippen LogP contribution in [0.2, 0.25) is 0 Å². The van der Waals surface area contributed by atoms with E-state index in [-0.39, 0.29) is 31.9 Å². The number of imidazole rings is 1. The van der Waals surface area contributed by atoms with Crippen LogP contribution in [0.25, 0.3) is 11.2 Å². The molecule has 1 amide bonds. The number of rotatable bonds is 8. The van der Waals surface area contributed by atoms with Crippen LogP contribution in [0.1, 0.15) is 6.42 Å². The number of nitrogens with two attached hydrogens (primary N) is 4. The molecule has 0 unspecified atom stereocenters. The number of aliphatic hydroxyl groups excluding tert-OH is 4. The van der Waals surface area contributed by atoms with Crippen molar-refractivity contribution >= 4 is 22.9 Å². The number of aliphatic hydroxyl groups is 4. The number of nitrogens with one attached hydrogen (secondary N) is 1. The number of anilines is 1. The molecule has 1 aliphatic carbocycles. The highest BCUT2D eigenvalue weighted by atomic mass is 17.2. The van der Waals surface area contributed by atoms with Crippen LogP contribution in [0, 0.1) is 5.92 Å². The molecule has 2 aliphatic rings. The second kappa shape index (κ2) is 11.4. The zero-order valence-electron chi connectivity index (χ0n) is 19.8. The Morgan fingerprint density at radius 2 is 1.86 bits per heavy atom. The molecule has 1 saturated carbocycles. The van der Waals surface area contributed by atoms with Crippen molar-refractivity contribution < 1.29 is 39.7 Å². The van der Waals surface area contributed by atoms with Crippen molar-refractivity contribution in [1.82, 2.24) is 24.8 Å². The minimum absolute atomic E-state index is 0.0767. The lowest BCUT2D eigenvalue weighted by atomic mass is 9.80. The molecule has 13 N–H and O–H groups in total. The van der Waals surface area contributed by atoms with Crippen molar-refractivity contribution in [3.8, 4) is 0 Å². The van der Waals surface area contributed by atoms with Gasteiger partial charge in [0.25, 0.3) is 0 Å². The fraction of sp³-hybridized carbons (Fsp3) is 0.700. The second-order valence-electron chi connectivity index (χ2n) is 9.23. The van der Waals surface area contributed by atoms with Gasteiger partial charge in [-0.25, -0.2) is 24.7 Å². The second-order valence-corrected chi connectivity index (χ2v) is 9.23. The van der Waals surface area contributed by atoms with Gasteiger partial charge >= 0.3 is 0 Å². The van der Waals surface area contributed by atoms with Crippen molar-refractivity contribution in [3.63, 3.8) is 0 Å². The van der Waals surface area contributed by atoms with Crippen LogP contribution >= 0.6 is 0 Å². The minimum Gasteiger partial charge on any atom is -0.391 e. The molecule has 1 aliphatic heterocycles. The molecule has 0 spiro atoms. The lowest BCUT2D eigenvalue weighted by molar-refractivity contribution is -0.438. The molecule has 0 aromatic carbocycles. The lowest BCUT2D eigenvalue weighted by Gasteiger charge is -2.43. The molecule has 0 bridgehead atoms. The van der Waals surface area contributed by atoms with Gasteiger partial charge in [-0.15, -0.1) is 0 Å². The van der Waals surface area contributed by atoms with Gasteiger partial charge in [-0.1, -0.05) is 0 Å². The molecular weight excluding hydrogens is 494 g/mol. The van der Waals surface area contributed by atoms with Gasteiger partial charge < -0.3 is 58.0 Å². The Hall–Kier alpha value is -2.58. The van der Waals surface area contributed by atoms with Crippen LogP contribution in [0.15, 0.2) is 12.7 Å². The van der Waals surface area contributed by atoms with Crippen molar-refractivity contribution in [1.29, 1.82) is 0 Å². The SMILES string of the molecule is NC[C@H]1C[C@@H](O)[C@H](N)[C@@H](O)[C@@H]1OO[C@H]1O[C@H](CNC(=O)Cn2cnc3c(N)ncnc32)[C@@H](O)[C@H](O)[C@H]1N. The van der Waals surface area contributed by atoms with E-state index in [1.54, 1.807) is 0 Å². The van der Waals surface area contributed by atoms with Crippen molar-refractivity contribution in [3.05, 3.63) is 12.7 Å². The molecule has 10 atom stereocenters. The third-order valence-electron chi connectivity index (χ3n) is 6.74. The van der Waals surface area contributed by atoms with E-state index in [1.807, 2.05) is 0 Å². The standard InChI is InChI=1S/C20H33N9O8/c21-2-7-1-8(30)11(22)16(34)17(7)36-37-20-12(23)15(33)14(32)9(35-20)3-25-10(31)4-29-6-28-13-18(24)26-5-27-19(13)29/h5-9,11-12,14-17,20,30,32-34H,1-4,21-23H2,(H,25,31)(H2,24,26,27)/t7-,8-,9-,11+,12-,14-,15-,16-,17-,20-/m1/s1. The van der Waals surface area contributed by atoms with E-state index >= 15 is 0 Å². The molecule has 206 valence electrons. The van der Waals surface area contributed by atoms with Gasteiger partial charge in [-0.3, -0.25) is 4.79 Å². The summed E-state index contributed by atoms with van der Waals surface area (Å²) in [4.78, 5) is 35.2. The molecule has 2 aromatic heterocycles. The highest BCUT2D eigenvalue weighted by Crippen LogP contribution is 2.29. The zero-order chi connectivity index (χ0) is 26.9. The summed E-state index contributed by atoms with van der Waals surface area (Å²) in [5.74, 6) is -0.762. The summed E-state index contributed by atoms with van der Waals surface area (Å²) in [5, 5.41) is 43.8. The van der Waals surface area contributed by atoms with E-state index in [1.165, 1.54) is 17.2 Å². The van der Waals surface area contributed by atoms with E-state index in [0.29, 0.717) is 11.2 Å². The molecule has 2 aromatic rings. The predicted molar refractivity (Wildman–Crippen MR) is 125 cm³/mol. The summed E-state index contributed by atoms with van der Waals surface area (Å²) in [7, 11) is 0. The van der Waals surface area contributed by atoms with Gasteiger partial charge in [0.2, 0.25) is 12.2 Å². The maximum absolute atomic E-state index is 12.5. The number of amides is 1. The number of aromatic nitrogens is 4. The molecule has 37 heavy (non-hydrogen) atoms. The molecule has 4 rings (SSSR count). The number of nitrogen functional groups attached to an aromatic ring is 1. The number of carbonyl (C=O) groups excluding carboxylic acids is 1. The molecule has 17 heteroatoms. The van der Waals surface area contributed by atoms with Crippen molar-refractivity contribution in [2.75, 3.05) is 18.8 Å². The molecule has 1 saturated heterocycles. The smallest absolute Gasteiger partial charge is 0.240 e. The van der Waals surface area contributed by atoms with Crippen LogP contribution in [0.3, 0.4) is 0 Å². The molecule has 3 heterocycles. The normalized spacial score (nSPS) is 36.5. The molecule has 2 fully saturated rings. The van der Waals surface area contributed by atoms with Gasteiger partial charge in [-0.2, -0.15) is 0 Å². The van der Waals surface area contributed by atoms with E-state index in [4.69, 9.17) is 37.4 Å². The van der Waals surface area contributed by atoms with Crippen molar-refractivity contribution in [2.45, 2.75) is 68.0 Å². The highest BCUT2D eigenvalue weighted by molar-refractivity contribution is 5.83. The molecule has 17 nitrogen and oxygen atoms in total. The largest absolute Gasteiger partial charge is 0.391 e. The van der Waals surface area contributed by atoms with Gasteiger partial charge in [0, 0.05) is 12.5 Å². The number of hydrogen-bond donors (Lipinski definition) is 9. The minimum atomic E-state index is -1.48. The Bertz CT molecular complexity index is 1070. The highest BCUT2D eigenvalue weighted by Gasteiger charge is 2.47. The van der Waals surface area contributed by atoms with Gasteiger partial charge in [0.15, 0.2) is 11.5 Å². The maximum Gasteiger partial charge on any atom is 0.240 e. The molecule has 0 radical (unpaired) electrons. The summed E-state index contributed by atoms with van der Waals surface area (Å²) in [6, 6.07) is -2.20. The quantitative estimate of drug-likeness (QED) is 0.114. The number of carbonyl (C=O) groups is 1.